The Morgan fingerprint density at radius 2 is 0.732 bits per heavy atom. The molecule has 208 valence electrons. The van der Waals surface area contributed by atoms with Gasteiger partial charge in [-0.15, -0.1) is 0 Å². The number of rotatable bonds is 4. The summed E-state index contributed by atoms with van der Waals surface area (Å²) in [5.74, 6) is -0.689. The minimum absolute atomic E-state index is 0.345. The first-order valence-corrected chi connectivity index (χ1v) is 17.3. The van der Waals surface area contributed by atoms with E-state index in [1.54, 1.807) is 0 Å². The Labute approximate surface area is 247 Å². The van der Waals surface area contributed by atoms with E-state index in [1.165, 1.54) is 0 Å². The van der Waals surface area contributed by atoms with Crippen molar-refractivity contribution in [2.75, 3.05) is 0 Å². The van der Waals surface area contributed by atoms with E-state index in [0.717, 1.165) is 44.5 Å². The molecular formula is C36H36O4Ti. The van der Waals surface area contributed by atoms with Gasteiger partial charge in [-0.05, 0) is 0 Å². The van der Waals surface area contributed by atoms with Gasteiger partial charge in [-0.2, -0.15) is 0 Å². The van der Waals surface area contributed by atoms with E-state index in [1.807, 2.05) is 90.1 Å². The molecule has 5 heteroatoms. The molecule has 6 rings (SSSR count). The van der Waals surface area contributed by atoms with Gasteiger partial charge in [-0.25, -0.2) is 0 Å². The Morgan fingerprint density at radius 1 is 0.488 bits per heavy atom. The zero-order valence-electron chi connectivity index (χ0n) is 24.5. The Morgan fingerprint density at radius 3 is 0.976 bits per heavy atom. The second-order valence-electron chi connectivity index (χ2n) is 13.2. The number of hydrogen-bond donors (Lipinski definition) is 0. The number of carbonyl (C=O) groups excluding carboxylic acids is 2. The van der Waals surface area contributed by atoms with Crippen LogP contribution >= 0.6 is 0 Å². The molecule has 0 heterocycles. The summed E-state index contributed by atoms with van der Waals surface area (Å²) in [4.78, 5) is 28.2. The molecule has 0 unspecified atom stereocenters. The Balaban J connectivity index is 1.73. The number of hydrogen-bond acceptors (Lipinski definition) is 4. The molecule has 0 saturated carbocycles. The fraction of sp³-hybridized carbons (Fsp3) is 0.278. The molecule has 4 aromatic rings. The van der Waals surface area contributed by atoms with Crippen molar-refractivity contribution in [3.05, 3.63) is 119 Å². The molecule has 2 aliphatic rings. The van der Waals surface area contributed by atoms with Crippen LogP contribution in [0.15, 0.2) is 97.1 Å². The summed E-state index contributed by atoms with van der Waals surface area (Å²) in [6.45, 7) is 11.2. The van der Waals surface area contributed by atoms with Gasteiger partial charge in [0.1, 0.15) is 0 Å². The second kappa shape index (κ2) is 9.82. The zero-order chi connectivity index (χ0) is 29.2. The summed E-state index contributed by atoms with van der Waals surface area (Å²) < 4.78 is 13.2. The molecule has 4 nitrogen and oxygen atoms in total. The first-order valence-electron chi connectivity index (χ1n) is 14.3. The fourth-order valence-corrected chi connectivity index (χ4v) is 13.7. The molecule has 0 radical (unpaired) electrons. The third-order valence-corrected chi connectivity index (χ3v) is 14.2. The predicted octanol–water partition coefficient (Wildman–Crippen LogP) is 8.69. The van der Waals surface area contributed by atoms with Crippen LogP contribution in [0.2, 0.25) is 0 Å². The first-order chi connectivity index (χ1) is 19.4. The normalized spacial score (nSPS) is 14.6. The van der Waals surface area contributed by atoms with Gasteiger partial charge in [0.25, 0.3) is 0 Å². The molecule has 0 atom stereocenters. The molecule has 41 heavy (non-hydrogen) atoms. The van der Waals surface area contributed by atoms with Gasteiger partial charge >= 0.3 is 248 Å². The van der Waals surface area contributed by atoms with E-state index in [-0.39, 0.29) is 20.4 Å². The van der Waals surface area contributed by atoms with Crippen LogP contribution < -0.4 is 0 Å². The van der Waals surface area contributed by atoms with Gasteiger partial charge in [0.2, 0.25) is 0 Å². The van der Waals surface area contributed by atoms with E-state index in [2.05, 4.69) is 48.5 Å². The van der Waals surface area contributed by atoms with Crippen LogP contribution in [0.25, 0.3) is 22.3 Å². The van der Waals surface area contributed by atoms with E-state index >= 15 is 0 Å². The molecule has 0 N–H and O–H groups in total. The quantitative estimate of drug-likeness (QED) is 0.227. The van der Waals surface area contributed by atoms with Crippen molar-refractivity contribution in [3.63, 3.8) is 0 Å². The van der Waals surface area contributed by atoms with Crippen LogP contribution in [0.4, 0.5) is 0 Å². The molecule has 0 saturated heterocycles. The van der Waals surface area contributed by atoms with Crippen LogP contribution in [-0.2, 0) is 33.6 Å². The van der Waals surface area contributed by atoms with Gasteiger partial charge in [-0.1, -0.05) is 0 Å². The van der Waals surface area contributed by atoms with Crippen molar-refractivity contribution in [2.24, 2.45) is 10.8 Å². The van der Waals surface area contributed by atoms with Crippen molar-refractivity contribution in [3.8, 4) is 22.3 Å². The van der Waals surface area contributed by atoms with E-state index in [4.69, 9.17) is 6.64 Å². The second-order valence-corrected chi connectivity index (χ2v) is 17.9. The third kappa shape index (κ3) is 4.49. The topological polar surface area (TPSA) is 52.6 Å². The van der Waals surface area contributed by atoms with Gasteiger partial charge in [0.05, 0.1) is 0 Å². The fourth-order valence-electron chi connectivity index (χ4n) is 6.20. The Kier molecular flexibility index (Phi) is 6.63. The Bertz CT molecular complexity index is 1460. The molecule has 0 aromatic heterocycles. The van der Waals surface area contributed by atoms with E-state index < -0.39 is 28.2 Å². The van der Waals surface area contributed by atoms with Crippen LogP contribution in [0.1, 0.15) is 72.2 Å². The van der Waals surface area contributed by atoms with E-state index in [9.17, 15) is 9.59 Å². The maximum atomic E-state index is 14.1. The number of fused-ring (bicyclic) bond motifs is 6. The van der Waals surface area contributed by atoms with Gasteiger partial charge in [0, 0.05) is 0 Å². The predicted molar refractivity (Wildman–Crippen MR) is 159 cm³/mol. The monoisotopic (exact) mass is 580 g/mol. The first kappa shape index (κ1) is 27.7. The van der Waals surface area contributed by atoms with Crippen molar-refractivity contribution in [1.29, 1.82) is 0 Å². The minimum atomic E-state index is -4.77. The summed E-state index contributed by atoms with van der Waals surface area (Å²) in [6.07, 6.45) is 0. The van der Waals surface area contributed by atoms with Gasteiger partial charge in [-0.3, -0.25) is 0 Å². The van der Waals surface area contributed by atoms with Crippen molar-refractivity contribution in [2.45, 2.75) is 50.0 Å². The molecule has 0 bridgehead atoms. The van der Waals surface area contributed by atoms with Crippen LogP contribution in [0.3, 0.4) is 0 Å². The van der Waals surface area contributed by atoms with E-state index in [0.29, 0.717) is 0 Å². The average Bonchev–Trinajstić information content (AvgIpc) is 3.45. The molecule has 0 aliphatic heterocycles. The summed E-state index contributed by atoms with van der Waals surface area (Å²) in [5, 5.41) is 0. The molecule has 2 aliphatic carbocycles. The van der Waals surface area contributed by atoms with Crippen LogP contribution in [0.5, 0.6) is 0 Å². The Hall–Kier alpha value is -3.47. The summed E-state index contributed by atoms with van der Waals surface area (Å²) in [7, 11) is 0. The zero-order valence-corrected chi connectivity index (χ0v) is 26.1. The molecule has 4 aromatic carbocycles. The third-order valence-electron chi connectivity index (χ3n) is 8.20. The number of benzene rings is 4. The summed E-state index contributed by atoms with van der Waals surface area (Å²) >= 11 is -4.77. The maximum absolute atomic E-state index is 14.1. The molecule has 0 spiro atoms. The van der Waals surface area contributed by atoms with Crippen molar-refractivity contribution < 1.29 is 33.6 Å². The van der Waals surface area contributed by atoms with Crippen molar-refractivity contribution in [1.82, 2.24) is 0 Å². The summed E-state index contributed by atoms with van der Waals surface area (Å²) in [5.41, 5.74) is 7.03. The average molecular weight is 581 g/mol. The molecule has 0 amide bonds. The van der Waals surface area contributed by atoms with Crippen molar-refractivity contribution >= 4 is 11.9 Å². The molecule has 0 fully saturated rings. The number of carbonyl (C=O) groups is 2. The van der Waals surface area contributed by atoms with Crippen LogP contribution in [0, 0.1) is 10.8 Å². The summed E-state index contributed by atoms with van der Waals surface area (Å²) in [6, 6.07) is 33.2. The van der Waals surface area contributed by atoms with Gasteiger partial charge < -0.3 is 0 Å². The SMILES string of the molecule is CC(C)(C)C(=O)[O][Ti]([O]C(=O)C(C)(C)C)([CH]1c2ccccc2-c2ccccc21)[CH]1c2ccccc2-c2ccccc21. The van der Waals surface area contributed by atoms with Crippen LogP contribution in [-0.4, -0.2) is 11.9 Å². The molecular weight excluding hydrogens is 544 g/mol. The standard InChI is InChI=1S/2C13H9.2C5H10O2.Ti/c2*1-3-7-12-10(5-1)9-11-6-2-4-8-13(11)12;2*1-5(2,3)4(6)7;/h2*1-9H;2*1-3H3,(H,6,7);/q;;;;+2/p-2. The van der Waals surface area contributed by atoms with Gasteiger partial charge in [0.15, 0.2) is 0 Å².